The Bertz CT molecular complexity index is 1220. The number of hydrogen-bond donors (Lipinski definition) is 1. The molecule has 0 aliphatic carbocycles. The minimum absolute atomic E-state index is 0.0657. The Morgan fingerprint density at radius 2 is 1.60 bits per heavy atom. The maximum Gasteiger partial charge on any atom is 0.241 e. The van der Waals surface area contributed by atoms with E-state index in [1.807, 2.05) is 53.5 Å². The van der Waals surface area contributed by atoms with E-state index in [1.54, 1.807) is 4.90 Å². The quantitative estimate of drug-likeness (QED) is 0.592. The molecule has 3 aliphatic rings. The molecule has 35 heavy (non-hydrogen) atoms. The van der Waals surface area contributed by atoms with Crippen molar-refractivity contribution in [1.82, 2.24) is 9.80 Å². The van der Waals surface area contributed by atoms with Crippen molar-refractivity contribution in [2.24, 2.45) is 0 Å². The summed E-state index contributed by atoms with van der Waals surface area (Å²) in [6, 6.07) is 18.8. The number of rotatable bonds is 5. The molecule has 0 unspecified atom stereocenters. The fourth-order valence-corrected chi connectivity index (χ4v) is 5.13. The van der Waals surface area contributed by atoms with Gasteiger partial charge in [-0.25, -0.2) is 0 Å². The van der Waals surface area contributed by atoms with E-state index in [-0.39, 0.29) is 23.7 Å². The molecule has 0 radical (unpaired) electrons. The van der Waals surface area contributed by atoms with Crippen LogP contribution in [0.1, 0.15) is 51.2 Å². The first-order valence-corrected chi connectivity index (χ1v) is 12.5. The molecule has 1 saturated heterocycles. The van der Waals surface area contributed by atoms with Crippen molar-refractivity contribution in [3.05, 3.63) is 95.3 Å². The number of nitrogens with zero attached hydrogens (tertiary/aromatic N) is 2. The van der Waals surface area contributed by atoms with Crippen LogP contribution in [0.2, 0.25) is 0 Å². The lowest BCUT2D eigenvalue weighted by Crippen LogP contribution is -2.45. The number of allylic oxidation sites excluding steroid dienone is 4. The van der Waals surface area contributed by atoms with Crippen LogP contribution in [0, 0.1) is 0 Å². The van der Waals surface area contributed by atoms with Crippen LogP contribution in [0.4, 0.5) is 5.69 Å². The van der Waals surface area contributed by atoms with Gasteiger partial charge in [0.25, 0.3) is 0 Å². The summed E-state index contributed by atoms with van der Waals surface area (Å²) >= 11 is 0. The molecule has 0 saturated carbocycles. The topological polar surface area (TPSA) is 52.7 Å². The average molecular weight is 468 g/mol. The van der Waals surface area contributed by atoms with Crippen molar-refractivity contribution in [3.63, 3.8) is 0 Å². The molecule has 5 heteroatoms. The number of piperidine rings is 1. The van der Waals surface area contributed by atoms with Crippen molar-refractivity contribution in [3.8, 4) is 0 Å². The Hall–Kier alpha value is -3.60. The highest BCUT2D eigenvalue weighted by atomic mass is 16.2. The highest BCUT2D eigenvalue weighted by Crippen LogP contribution is 2.41. The Kier molecular flexibility index (Phi) is 6.10. The van der Waals surface area contributed by atoms with Crippen molar-refractivity contribution < 1.29 is 9.59 Å². The number of nitrogens with one attached hydrogen (secondary N) is 1. The first-order chi connectivity index (χ1) is 16.8. The molecule has 0 aromatic heterocycles. The van der Waals surface area contributed by atoms with Crippen LogP contribution in [0.5, 0.6) is 0 Å². The highest BCUT2D eigenvalue weighted by molar-refractivity contribution is 6.03. The van der Waals surface area contributed by atoms with Crippen LogP contribution >= 0.6 is 0 Å². The highest BCUT2D eigenvalue weighted by Gasteiger charge is 2.36. The molecule has 5 nitrogen and oxygen atoms in total. The molecule has 3 aliphatic heterocycles. The molecule has 2 bridgehead atoms. The Labute approximate surface area is 207 Å². The lowest BCUT2D eigenvalue weighted by atomic mass is 9.85. The largest absolute Gasteiger partial charge is 0.382 e. The van der Waals surface area contributed by atoms with E-state index in [9.17, 15) is 9.59 Å². The van der Waals surface area contributed by atoms with E-state index in [0.29, 0.717) is 19.1 Å². The maximum atomic E-state index is 13.1. The van der Waals surface area contributed by atoms with Gasteiger partial charge in [0.15, 0.2) is 0 Å². The van der Waals surface area contributed by atoms with Gasteiger partial charge in [-0.2, -0.15) is 0 Å². The van der Waals surface area contributed by atoms with Crippen molar-refractivity contribution in [1.29, 1.82) is 0 Å². The van der Waals surface area contributed by atoms with E-state index >= 15 is 0 Å². The molecule has 2 aromatic carbocycles. The van der Waals surface area contributed by atoms with Crippen LogP contribution in [-0.4, -0.2) is 40.7 Å². The van der Waals surface area contributed by atoms with Crippen LogP contribution in [-0.2, 0) is 15.0 Å². The second-order valence-corrected chi connectivity index (χ2v) is 10.6. The molecule has 0 atom stereocenters. The summed E-state index contributed by atoms with van der Waals surface area (Å²) in [5.74, 6) is -0.236. The second kappa shape index (κ2) is 9.21. The number of carbonyl (C=O) groups excluding carboxylic acids is 2. The molecule has 2 aromatic rings. The van der Waals surface area contributed by atoms with Crippen molar-refractivity contribution in [2.75, 3.05) is 18.4 Å². The summed E-state index contributed by atoms with van der Waals surface area (Å²) in [6.45, 7) is 8.01. The van der Waals surface area contributed by atoms with E-state index in [0.717, 1.165) is 35.4 Å². The zero-order chi connectivity index (χ0) is 24.6. The van der Waals surface area contributed by atoms with Gasteiger partial charge in [-0.05, 0) is 47.6 Å². The summed E-state index contributed by atoms with van der Waals surface area (Å²) in [5, 5.41) is 3.71. The lowest BCUT2D eigenvalue weighted by molar-refractivity contribution is -0.139. The van der Waals surface area contributed by atoms with Gasteiger partial charge >= 0.3 is 0 Å². The summed E-state index contributed by atoms with van der Waals surface area (Å²) in [7, 11) is 0. The molecule has 1 fully saturated rings. The lowest BCUT2D eigenvalue weighted by Gasteiger charge is -2.39. The summed E-state index contributed by atoms with van der Waals surface area (Å²) in [5.41, 5.74) is 6.37. The minimum Gasteiger partial charge on any atom is -0.382 e. The summed E-state index contributed by atoms with van der Waals surface area (Å²) < 4.78 is 0. The van der Waals surface area contributed by atoms with Crippen LogP contribution in [0.3, 0.4) is 0 Å². The second-order valence-electron chi connectivity index (χ2n) is 10.6. The normalized spacial score (nSPS) is 17.7. The number of carbonyl (C=O) groups is 2. The molecule has 3 heterocycles. The molecule has 5 rings (SSSR count). The van der Waals surface area contributed by atoms with Gasteiger partial charge in [-0.15, -0.1) is 0 Å². The zero-order valence-corrected chi connectivity index (χ0v) is 20.8. The molecule has 1 N–H and O–H groups in total. The number of hydrogen-bond acceptors (Lipinski definition) is 3. The van der Waals surface area contributed by atoms with Crippen molar-refractivity contribution in [2.45, 2.75) is 51.5 Å². The van der Waals surface area contributed by atoms with Crippen LogP contribution in [0.25, 0.3) is 5.57 Å². The molecule has 0 spiro atoms. The number of amides is 2. The maximum absolute atomic E-state index is 13.1. The fourth-order valence-electron chi connectivity index (χ4n) is 5.13. The third-order valence-corrected chi connectivity index (χ3v) is 7.06. The summed E-state index contributed by atoms with van der Waals surface area (Å²) in [6.07, 6.45) is 7.66. The SMILES string of the molecule is CC(C)(C)c1ccccc1NC1CCN(C(=O)CC(=O)N2c3ccc(-c4ccccc4)c2c3)CC1. The third kappa shape index (κ3) is 4.68. The predicted octanol–water partition coefficient (Wildman–Crippen LogP) is 5.48. The van der Waals surface area contributed by atoms with Gasteiger partial charge in [-0.1, -0.05) is 75.4 Å². The average Bonchev–Trinajstić information content (AvgIpc) is 2.84. The minimum atomic E-state index is -0.153. The number of anilines is 1. The number of para-hydroxylation sites is 1. The zero-order valence-electron chi connectivity index (χ0n) is 20.8. The first kappa shape index (κ1) is 23.2. The van der Waals surface area contributed by atoms with Gasteiger partial charge in [0.05, 0.1) is 11.4 Å². The Morgan fingerprint density at radius 1 is 0.914 bits per heavy atom. The predicted molar refractivity (Wildman–Crippen MR) is 140 cm³/mol. The monoisotopic (exact) mass is 467 g/mol. The molecular formula is C30H33N3O2. The van der Waals surface area contributed by atoms with E-state index in [4.69, 9.17) is 0 Å². The van der Waals surface area contributed by atoms with Crippen molar-refractivity contribution >= 4 is 23.1 Å². The van der Waals surface area contributed by atoms with E-state index in [2.05, 4.69) is 50.4 Å². The van der Waals surface area contributed by atoms with E-state index < -0.39 is 0 Å². The number of likely N-dealkylation sites (tertiary alicyclic amines) is 1. The van der Waals surface area contributed by atoms with Crippen LogP contribution in [0.15, 0.2) is 84.2 Å². The van der Waals surface area contributed by atoms with Gasteiger partial charge < -0.3 is 10.2 Å². The van der Waals surface area contributed by atoms with Gasteiger partial charge in [0.1, 0.15) is 6.42 Å². The third-order valence-electron chi connectivity index (χ3n) is 7.06. The number of benzene rings is 2. The molecule has 180 valence electrons. The molecular weight excluding hydrogens is 434 g/mol. The fraction of sp³-hybridized carbons (Fsp3) is 0.333. The van der Waals surface area contributed by atoms with E-state index in [1.165, 1.54) is 11.3 Å². The van der Waals surface area contributed by atoms with Gasteiger partial charge in [0, 0.05) is 30.4 Å². The summed E-state index contributed by atoms with van der Waals surface area (Å²) in [4.78, 5) is 29.6. The van der Waals surface area contributed by atoms with Crippen LogP contribution < -0.4 is 5.32 Å². The smallest absolute Gasteiger partial charge is 0.241 e. The first-order valence-electron chi connectivity index (χ1n) is 12.5. The molecule has 2 amide bonds. The Balaban J connectivity index is 1.15. The van der Waals surface area contributed by atoms with Gasteiger partial charge in [0.2, 0.25) is 11.8 Å². The standard InChI is InChI=1S/C30H33N3O2/c1-30(2,3)25-11-7-8-12-26(25)31-22-15-17-32(18-16-22)28(34)20-29(35)33-23-13-14-24(27(33)19-23)21-9-5-4-6-10-21/h4-14,19,22,31H,15-18,20H2,1-3H3. The van der Waals surface area contributed by atoms with Gasteiger partial charge in [-0.3, -0.25) is 14.5 Å². The Morgan fingerprint density at radius 3 is 2.29 bits per heavy atom. The number of fused-ring (bicyclic) bond motifs is 2.